The van der Waals surface area contributed by atoms with E-state index in [2.05, 4.69) is 20.9 Å². The van der Waals surface area contributed by atoms with Gasteiger partial charge in [0.05, 0.1) is 13.8 Å². The molecule has 2 aromatic rings. The van der Waals surface area contributed by atoms with Crippen LogP contribution in [0.3, 0.4) is 0 Å². The number of anilines is 1. The number of amides is 3. The molecule has 2 aromatic carbocycles. The maximum Gasteiger partial charge on any atom is 0.267 e. The molecule has 1 aliphatic rings. The summed E-state index contributed by atoms with van der Waals surface area (Å²) in [7, 11) is 2.76. The van der Waals surface area contributed by atoms with Gasteiger partial charge >= 0.3 is 0 Å². The number of nitrogens with two attached hydrogens (primary N) is 1. The summed E-state index contributed by atoms with van der Waals surface area (Å²) in [6, 6.07) is 10.0. The van der Waals surface area contributed by atoms with Gasteiger partial charge in [-0.2, -0.15) is 0 Å². The van der Waals surface area contributed by atoms with Gasteiger partial charge in [-0.25, -0.2) is 4.39 Å². The SMILES string of the molecule is CNC(=O)C1=NCNC1(C(N)=O)c1ccc(NC(=O)c2ccc(OC)c(F)c2)cc1. The number of primary amides is 1. The van der Waals surface area contributed by atoms with Crippen molar-refractivity contribution in [2.24, 2.45) is 10.7 Å². The highest BCUT2D eigenvalue weighted by atomic mass is 19.1. The normalized spacial score (nSPS) is 17.8. The van der Waals surface area contributed by atoms with Gasteiger partial charge in [0.1, 0.15) is 5.71 Å². The minimum Gasteiger partial charge on any atom is -0.494 e. The largest absolute Gasteiger partial charge is 0.494 e. The lowest BCUT2D eigenvalue weighted by Gasteiger charge is -2.27. The Kier molecular flexibility index (Phi) is 5.79. The van der Waals surface area contributed by atoms with E-state index in [1.807, 2.05) is 0 Å². The van der Waals surface area contributed by atoms with Crippen LogP contribution in [0.1, 0.15) is 15.9 Å². The molecule has 1 atom stereocenters. The van der Waals surface area contributed by atoms with E-state index in [-0.39, 0.29) is 23.7 Å². The molecule has 1 unspecified atom stereocenters. The van der Waals surface area contributed by atoms with Gasteiger partial charge in [0.25, 0.3) is 11.8 Å². The van der Waals surface area contributed by atoms with E-state index in [9.17, 15) is 18.8 Å². The van der Waals surface area contributed by atoms with Crippen molar-refractivity contribution >= 4 is 29.1 Å². The van der Waals surface area contributed by atoms with Crippen LogP contribution in [0.5, 0.6) is 5.75 Å². The molecule has 30 heavy (non-hydrogen) atoms. The topological polar surface area (TPSA) is 135 Å². The summed E-state index contributed by atoms with van der Waals surface area (Å²) in [5.74, 6) is -2.46. The summed E-state index contributed by atoms with van der Waals surface area (Å²) in [4.78, 5) is 40.9. The molecule has 1 aliphatic heterocycles. The maximum absolute atomic E-state index is 13.8. The van der Waals surface area contributed by atoms with Crippen LogP contribution in [0.25, 0.3) is 0 Å². The molecule has 0 spiro atoms. The van der Waals surface area contributed by atoms with Gasteiger partial charge in [-0.3, -0.25) is 24.7 Å². The fraction of sp³-hybridized carbons (Fsp3) is 0.200. The lowest BCUT2D eigenvalue weighted by molar-refractivity contribution is -0.123. The zero-order chi connectivity index (χ0) is 21.9. The molecule has 10 heteroatoms. The lowest BCUT2D eigenvalue weighted by atomic mass is 9.84. The second-order valence-corrected chi connectivity index (χ2v) is 6.42. The Hall–Kier alpha value is -3.79. The van der Waals surface area contributed by atoms with E-state index in [1.165, 1.54) is 26.3 Å². The number of hydrogen-bond acceptors (Lipinski definition) is 6. The second-order valence-electron chi connectivity index (χ2n) is 6.42. The highest BCUT2D eigenvalue weighted by Crippen LogP contribution is 2.28. The molecule has 0 saturated heterocycles. The highest BCUT2D eigenvalue weighted by molar-refractivity contribution is 6.47. The summed E-state index contributed by atoms with van der Waals surface area (Å²) in [5.41, 5.74) is 4.88. The number of nitrogens with one attached hydrogen (secondary N) is 3. The van der Waals surface area contributed by atoms with Crippen molar-refractivity contribution in [3.63, 3.8) is 0 Å². The Balaban J connectivity index is 1.84. The first kappa shape index (κ1) is 20.9. The van der Waals surface area contributed by atoms with Crippen LogP contribution in [0, 0.1) is 5.82 Å². The molecule has 1 heterocycles. The minimum atomic E-state index is -1.58. The molecule has 3 rings (SSSR count). The van der Waals surface area contributed by atoms with Crippen molar-refractivity contribution in [3.05, 3.63) is 59.4 Å². The first-order chi connectivity index (χ1) is 14.3. The second kappa shape index (κ2) is 8.29. The van der Waals surface area contributed by atoms with E-state index in [0.717, 1.165) is 6.07 Å². The number of aliphatic imine (C=N–C) groups is 1. The number of carbonyl (C=O) groups excluding carboxylic acids is 3. The molecule has 3 amide bonds. The highest BCUT2D eigenvalue weighted by Gasteiger charge is 2.49. The van der Waals surface area contributed by atoms with Gasteiger partial charge in [-0.05, 0) is 35.9 Å². The van der Waals surface area contributed by atoms with Crippen molar-refractivity contribution in [1.29, 1.82) is 0 Å². The number of ether oxygens (including phenoxy) is 1. The number of rotatable bonds is 6. The Bertz CT molecular complexity index is 1040. The van der Waals surface area contributed by atoms with Crippen LogP contribution in [0.15, 0.2) is 47.5 Å². The molecule has 156 valence electrons. The molecule has 0 aliphatic carbocycles. The van der Waals surface area contributed by atoms with E-state index >= 15 is 0 Å². The predicted molar refractivity (Wildman–Crippen MR) is 108 cm³/mol. The van der Waals surface area contributed by atoms with Crippen molar-refractivity contribution in [3.8, 4) is 5.75 Å². The van der Waals surface area contributed by atoms with E-state index in [4.69, 9.17) is 10.5 Å². The number of carbonyl (C=O) groups is 3. The van der Waals surface area contributed by atoms with E-state index in [1.54, 1.807) is 24.3 Å². The van der Waals surface area contributed by atoms with Crippen LogP contribution in [-0.2, 0) is 15.1 Å². The quantitative estimate of drug-likeness (QED) is 0.548. The molecule has 5 N–H and O–H groups in total. The number of benzene rings is 2. The van der Waals surface area contributed by atoms with Crippen LogP contribution in [-0.4, -0.2) is 44.3 Å². The van der Waals surface area contributed by atoms with Crippen LogP contribution in [0.4, 0.5) is 10.1 Å². The summed E-state index contributed by atoms with van der Waals surface area (Å²) in [6.07, 6.45) is 0. The standard InChI is InChI=1S/C20H20FN5O4/c1-23-18(28)16-20(19(22)29,25-10-24-16)12-4-6-13(7-5-12)26-17(27)11-3-8-15(30-2)14(21)9-11/h3-9,25H,10H2,1-2H3,(H2,22,29)(H,23,28)(H,26,27). The summed E-state index contributed by atoms with van der Waals surface area (Å²) >= 11 is 0. The average Bonchev–Trinajstić information content (AvgIpc) is 3.20. The van der Waals surface area contributed by atoms with Crippen LogP contribution < -0.4 is 26.4 Å². The number of methoxy groups -OCH3 is 1. The summed E-state index contributed by atoms with van der Waals surface area (Å²) in [5, 5.41) is 7.95. The van der Waals surface area contributed by atoms with Crippen LogP contribution >= 0.6 is 0 Å². The maximum atomic E-state index is 13.8. The van der Waals surface area contributed by atoms with Gasteiger partial charge in [0, 0.05) is 18.3 Å². The summed E-state index contributed by atoms with van der Waals surface area (Å²) in [6.45, 7) is 0.0488. The molecule has 9 nitrogen and oxygen atoms in total. The molecule has 0 saturated carbocycles. The van der Waals surface area contributed by atoms with Gasteiger partial charge in [0.15, 0.2) is 17.1 Å². The van der Waals surface area contributed by atoms with Crippen molar-refractivity contribution in [1.82, 2.24) is 10.6 Å². The summed E-state index contributed by atoms with van der Waals surface area (Å²) < 4.78 is 18.7. The monoisotopic (exact) mass is 413 g/mol. The van der Waals surface area contributed by atoms with Gasteiger partial charge < -0.3 is 21.1 Å². The first-order valence-electron chi connectivity index (χ1n) is 8.91. The number of nitrogens with zero attached hydrogens (tertiary/aromatic N) is 1. The van der Waals surface area contributed by atoms with E-state index < -0.39 is 29.1 Å². The number of halogens is 1. The lowest BCUT2D eigenvalue weighted by Crippen LogP contribution is -2.58. The average molecular weight is 413 g/mol. The fourth-order valence-corrected chi connectivity index (χ4v) is 3.20. The molecular formula is C20H20FN5O4. The number of hydrogen-bond donors (Lipinski definition) is 4. The van der Waals surface area contributed by atoms with Crippen molar-refractivity contribution in [2.75, 3.05) is 26.1 Å². The Labute approximate surface area is 171 Å². The zero-order valence-corrected chi connectivity index (χ0v) is 16.3. The van der Waals surface area contributed by atoms with E-state index in [0.29, 0.717) is 11.3 Å². The smallest absolute Gasteiger partial charge is 0.267 e. The molecule has 0 bridgehead atoms. The Morgan fingerprint density at radius 2 is 1.87 bits per heavy atom. The molecule has 0 fully saturated rings. The molecular weight excluding hydrogens is 393 g/mol. The third-order valence-electron chi connectivity index (χ3n) is 4.74. The fourth-order valence-electron chi connectivity index (χ4n) is 3.20. The Morgan fingerprint density at radius 3 is 2.43 bits per heavy atom. The van der Waals surface area contributed by atoms with Crippen molar-refractivity contribution < 1.29 is 23.5 Å². The molecule has 0 aromatic heterocycles. The first-order valence-corrected chi connectivity index (χ1v) is 8.91. The predicted octanol–water partition coefficient (Wildman–Crippen LogP) is 0.515. The van der Waals surface area contributed by atoms with Gasteiger partial charge in [0.2, 0.25) is 5.91 Å². The third-order valence-corrected chi connectivity index (χ3v) is 4.74. The molecule has 0 radical (unpaired) electrons. The minimum absolute atomic E-state index is 0.0327. The van der Waals surface area contributed by atoms with Gasteiger partial charge in [-0.15, -0.1) is 0 Å². The van der Waals surface area contributed by atoms with Gasteiger partial charge in [-0.1, -0.05) is 12.1 Å². The van der Waals surface area contributed by atoms with Crippen LogP contribution in [0.2, 0.25) is 0 Å². The zero-order valence-electron chi connectivity index (χ0n) is 16.3. The van der Waals surface area contributed by atoms with Crippen molar-refractivity contribution in [2.45, 2.75) is 5.54 Å². The third kappa shape index (κ3) is 3.60. The Morgan fingerprint density at radius 1 is 1.17 bits per heavy atom.